The van der Waals surface area contributed by atoms with Crippen LogP contribution < -0.4 is 10.9 Å². The second-order valence-corrected chi connectivity index (χ2v) is 8.45. The van der Waals surface area contributed by atoms with E-state index in [0.717, 1.165) is 23.6 Å². The first kappa shape index (κ1) is 24.3. The van der Waals surface area contributed by atoms with E-state index in [1.54, 1.807) is 6.20 Å². The first-order chi connectivity index (χ1) is 15.7. The summed E-state index contributed by atoms with van der Waals surface area (Å²) in [5.74, 6) is 3.81. The molecule has 0 saturated carbocycles. The number of alkyl halides is 2. The zero-order chi connectivity index (χ0) is 24.1. The standard InChI is InChI=1S/C21H16ClF3N4O3S/c1-26-19(31)11-29-9-12(7-27-29)2-3-14-6-17(33-20(14)22)16(30)5-13-4-15(23)21(32)28(8-13)10-18(24)25/h4,6-9,18H,5,10-11H2,1H3,(H,26,31). The van der Waals surface area contributed by atoms with Gasteiger partial charge in [-0.15, -0.1) is 11.3 Å². The number of nitrogens with zero attached hydrogens (tertiary/aromatic N) is 3. The molecular weight excluding hydrogens is 481 g/mol. The Morgan fingerprint density at radius 1 is 1.27 bits per heavy atom. The fourth-order valence-corrected chi connectivity index (χ4v) is 3.91. The van der Waals surface area contributed by atoms with Crippen molar-refractivity contribution in [2.75, 3.05) is 7.05 Å². The first-order valence-electron chi connectivity index (χ1n) is 9.41. The number of hydrogen-bond acceptors (Lipinski definition) is 5. The van der Waals surface area contributed by atoms with Crippen LogP contribution in [0.25, 0.3) is 0 Å². The summed E-state index contributed by atoms with van der Waals surface area (Å²) >= 11 is 7.15. The largest absolute Gasteiger partial charge is 0.358 e. The van der Waals surface area contributed by atoms with Gasteiger partial charge in [0.1, 0.15) is 10.9 Å². The number of rotatable bonds is 7. The highest BCUT2D eigenvalue weighted by Crippen LogP contribution is 2.28. The maximum atomic E-state index is 13.8. The minimum absolute atomic E-state index is 0.0429. The Kier molecular flexibility index (Phi) is 7.73. The number of aromatic nitrogens is 3. The van der Waals surface area contributed by atoms with E-state index < -0.39 is 30.1 Å². The van der Waals surface area contributed by atoms with Crippen molar-refractivity contribution in [2.45, 2.75) is 25.9 Å². The molecule has 0 spiro atoms. The molecule has 0 unspecified atom stereocenters. The van der Waals surface area contributed by atoms with E-state index >= 15 is 0 Å². The van der Waals surface area contributed by atoms with Crippen molar-refractivity contribution in [1.29, 1.82) is 0 Å². The molecule has 0 aliphatic rings. The third-order valence-electron chi connectivity index (χ3n) is 4.32. The molecule has 0 bridgehead atoms. The van der Waals surface area contributed by atoms with Crippen LogP contribution in [-0.4, -0.2) is 39.5 Å². The highest BCUT2D eigenvalue weighted by atomic mass is 35.5. The first-order valence-corrected chi connectivity index (χ1v) is 10.6. The van der Waals surface area contributed by atoms with Gasteiger partial charge in [-0.2, -0.15) is 5.10 Å². The van der Waals surface area contributed by atoms with Crippen molar-refractivity contribution >= 4 is 34.6 Å². The van der Waals surface area contributed by atoms with E-state index in [4.69, 9.17) is 11.6 Å². The van der Waals surface area contributed by atoms with Gasteiger partial charge in [-0.05, 0) is 17.7 Å². The number of amides is 1. The predicted octanol–water partition coefficient (Wildman–Crippen LogP) is 2.74. The van der Waals surface area contributed by atoms with E-state index in [0.29, 0.717) is 15.7 Å². The molecule has 3 aromatic rings. The molecule has 0 aliphatic carbocycles. The molecule has 7 nitrogen and oxygen atoms in total. The summed E-state index contributed by atoms with van der Waals surface area (Å²) in [6.07, 6.45) is 0.946. The molecule has 172 valence electrons. The maximum absolute atomic E-state index is 13.8. The quantitative estimate of drug-likeness (QED) is 0.402. The third-order valence-corrected chi connectivity index (χ3v) is 5.72. The average Bonchev–Trinajstić information content (AvgIpc) is 3.35. The highest BCUT2D eigenvalue weighted by Gasteiger charge is 2.16. The summed E-state index contributed by atoms with van der Waals surface area (Å²) in [6.45, 7) is -0.927. The molecule has 3 heterocycles. The fraction of sp³-hybridized carbons (Fsp3) is 0.238. The van der Waals surface area contributed by atoms with Gasteiger partial charge in [0.25, 0.3) is 12.0 Å². The van der Waals surface area contributed by atoms with E-state index in [2.05, 4.69) is 22.3 Å². The number of halogens is 4. The summed E-state index contributed by atoms with van der Waals surface area (Å²) in [5.41, 5.74) is -0.177. The lowest BCUT2D eigenvalue weighted by Gasteiger charge is -2.08. The summed E-state index contributed by atoms with van der Waals surface area (Å²) in [6, 6.07) is 2.33. The Bertz CT molecular complexity index is 1320. The summed E-state index contributed by atoms with van der Waals surface area (Å²) in [4.78, 5) is 35.9. The number of carbonyl (C=O) groups is 2. The van der Waals surface area contributed by atoms with Crippen LogP contribution in [0.2, 0.25) is 4.34 Å². The van der Waals surface area contributed by atoms with Gasteiger partial charge in [-0.25, -0.2) is 13.2 Å². The molecule has 0 saturated heterocycles. The summed E-state index contributed by atoms with van der Waals surface area (Å²) in [5, 5.41) is 6.51. The van der Waals surface area contributed by atoms with Gasteiger partial charge in [-0.1, -0.05) is 23.4 Å². The lowest BCUT2D eigenvalue weighted by atomic mass is 10.1. The smallest absolute Gasteiger partial charge is 0.286 e. The molecule has 1 N–H and O–H groups in total. The number of carbonyl (C=O) groups excluding carboxylic acids is 2. The van der Waals surface area contributed by atoms with Crippen LogP contribution in [0.5, 0.6) is 0 Å². The Hall–Kier alpha value is -3.36. The second kappa shape index (κ2) is 10.5. The Labute approximate surface area is 194 Å². The zero-order valence-electron chi connectivity index (χ0n) is 17.1. The molecular formula is C21H16ClF3N4O3S. The lowest BCUT2D eigenvalue weighted by molar-refractivity contribution is -0.121. The van der Waals surface area contributed by atoms with Gasteiger partial charge in [0, 0.05) is 25.9 Å². The van der Waals surface area contributed by atoms with Crippen LogP contribution in [0.1, 0.15) is 26.4 Å². The van der Waals surface area contributed by atoms with Gasteiger partial charge in [-0.3, -0.25) is 19.1 Å². The normalized spacial score (nSPS) is 10.7. The molecule has 12 heteroatoms. The molecule has 0 radical (unpaired) electrons. The number of hydrogen-bond donors (Lipinski definition) is 1. The number of Topliss-reactive ketones (excluding diaryl/α,β-unsaturated/α-hetero) is 1. The average molecular weight is 497 g/mol. The number of nitrogens with one attached hydrogen (secondary N) is 1. The van der Waals surface area contributed by atoms with Crippen molar-refractivity contribution in [2.24, 2.45) is 0 Å². The van der Waals surface area contributed by atoms with Gasteiger partial charge >= 0.3 is 0 Å². The Morgan fingerprint density at radius 3 is 2.73 bits per heavy atom. The van der Waals surface area contributed by atoms with Crippen molar-refractivity contribution in [3.05, 3.63) is 72.8 Å². The molecule has 0 fully saturated rings. The van der Waals surface area contributed by atoms with E-state index in [1.807, 2.05) is 0 Å². The zero-order valence-corrected chi connectivity index (χ0v) is 18.6. The van der Waals surface area contributed by atoms with Crippen molar-refractivity contribution in [1.82, 2.24) is 19.7 Å². The molecule has 0 atom stereocenters. The number of likely N-dealkylation sites (N-methyl/N-ethyl adjacent to an activating group) is 1. The predicted molar refractivity (Wildman–Crippen MR) is 116 cm³/mol. The molecule has 3 rings (SSSR count). The molecule has 0 aliphatic heterocycles. The van der Waals surface area contributed by atoms with Crippen LogP contribution in [-0.2, 0) is 24.3 Å². The third kappa shape index (κ3) is 6.34. The number of thiophene rings is 1. The maximum Gasteiger partial charge on any atom is 0.286 e. The summed E-state index contributed by atoms with van der Waals surface area (Å²) < 4.78 is 41.3. The Balaban J connectivity index is 1.75. The molecule has 0 aromatic carbocycles. The lowest BCUT2D eigenvalue weighted by Crippen LogP contribution is -2.26. The minimum atomic E-state index is -2.85. The number of ketones is 1. The van der Waals surface area contributed by atoms with Gasteiger partial charge < -0.3 is 9.88 Å². The number of pyridine rings is 1. The van der Waals surface area contributed by atoms with E-state index in [-0.39, 0.29) is 33.6 Å². The van der Waals surface area contributed by atoms with Crippen LogP contribution in [0, 0.1) is 17.7 Å². The van der Waals surface area contributed by atoms with Gasteiger partial charge in [0.15, 0.2) is 11.6 Å². The second-order valence-electron chi connectivity index (χ2n) is 6.79. The molecule has 33 heavy (non-hydrogen) atoms. The Morgan fingerprint density at radius 2 is 2.03 bits per heavy atom. The van der Waals surface area contributed by atoms with Crippen molar-refractivity contribution < 1.29 is 22.8 Å². The summed E-state index contributed by atoms with van der Waals surface area (Å²) in [7, 11) is 1.51. The van der Waals surface area contributed by atoms with Crippen LogP contribution >= 0.6 is 22.9 Å². The molecule has 3 aromatic heterocycles. The topological polar surface area (TPSA) is 86.0 Å². The van der Waals surface area contributed by atoms with Gasteiger partial charge in [0.2, 0.25) is 5.91 Å². The SMILES string of the molecule is CNC(=O)Cn1cc(C#Cc2cc(C(=O)Cc3cc(F)c(=O)n(CC(F)F)c3)sc2Cl)cn1. The van der Waals surface area contributed by atoms with Crippen molar-refractivity contribution in [3.63, 3.8) is 0 Å². The van der Waals surface area contributed by atoms with Crippen LogP contribution in [0.3, 0.4) is 0 Å². The van der Waals surface area contributed by atoms with Gasteiger partial charge in [0.05, 0.1) is 28.7 Å². The van der Waals surface area contributed by atoms with E-state index in [9.17, 15) is 27.6 Å². The van der Waals surface area contributed by atoms with Crippen LogP contribution in [0.4, 0.5) is 13.2 Å². The molecule has 1 amide bonds. The monoisotopic (exact) mass is 496 g/mol. The highest BCUT2D eigenvalue weighted by molar-refractivity contribution is 7.18. The van der Waals surface area contributed by atoms with E-state index in [1.165, 1.54) is 24.0 Å². The fourth-order valence-electron chi connectivity index (χ4n) is 2.78. The minimum Gasteiger partial charge on any atom is -0.358 e. The van der Waals surface area contributed by atoms with Crippen molar-refractivity contribution in [3.8, 4) is 11.8 Å². The van der Waals surface area contributed by atoms with Crippen LogP contribution in [0.15, 0.2) is 35.5 Å².